The van der Waals surface area contributed by atoms with Crippen LogP contribution in [0.15, 0.2) is 4.42 Å². The van der Waals surface area contributed by atoms with Crippen LogP contribution >= 0.6 is 0 Å². The van der Waals surface area contributed by atoms with Gasteiger partial charge in [-0.15, -0.1) is 0 Å². The van der Waals surface area contributed by atoms with Crippen molar-refractivity contribution in [2.45, 2.75) is 26.8 Å². The maximum Gasteiger partial charge on any atom is 0.330 e. The average molecular weight is 255 g/mol. The highest BCUT2D eigenvalue weighted by Crippen LogP contribution is 2.20. The number of rotatable bonds is 4. The number of furan rings is 1. The van der Waals surface area contributed by atoms with Crippen molar-refractivity contribution in [2.75, 3.05) is 13.7 Å². The molecule has 1 atom stereocenters. The lowest BCUT2D eigenvalue weighted by Crippen LogP contribution is -2.44. The van der Waals surface area contributed by atoms with Crippen molar-refractivity contribution >= 4 is 11.9 Å². The number of esters is 1. The zero-order valence-electron chi connectivity index (χ0n) is 10.9. The Labute approximate surface area is 105 Å². The SMILES string of the molecule is COC(=O)C(CO)NC(=O)c1c(C)oc(C)c1C. The van der Waals surface area contributed by atoms with Gasteiger partial charge in [-0.25, -0.2) is 4.79 Å². The molecular formula is C12H17NO5. The monoisotopic (exact) mass is 255 g/mol. The van der Waals surface area contributed by atoms with Crippen molar-refractivity contribution in [2.24, 2.45) is 0 Å². The molecule has 6 nitrogen and oxygen atoms in total. The minimum atomic E-state index is -1.07. The van der Waals surface area contributed by atoms with Gasteiger partial charge in [-0.3, -0.25) is 4.79 Å². The Morgan fingerprint density at radius 3 is 2.33 bits per heavy atom. The Balaban J connectivity index is 2.91. The number of ether oxygens (including phenoxy) is 1. The van der Waals surface area contributed by atoms with Gasteiger partial charge in [0.1, 0.15) is 11.5 Å². The second kappa shape index (κ2) is 5.68. The molecule has 0 radical (unpaired) electrons. The van der Waals surface area contributed by atoms with Gasteiger partial charge < -0.3 is 19.6 Å². The standard InChI is InChI=1S/C12H17NO5/c1-6-7(2)18-8(3)10(6)11(15)13-9(5-14)12(16)17-4/h9,14H,5H2,1-4H3,(H,13,15). The fourth-order valence-electron chi connectivity index (χ4n) is 1.68. The van der Waals surface area contributed by atoms with Gasteiger partial charge in [0, 0.05) is 5.56 Å². The number of carbonyl (C=O) groups excluding carboxylic acids is 2. The number of hydrogen-bond donors (Lipinski definition) is 2. The van der Waals surface area contributed by atoms with Crippen LogP contribution in [0.5, 0.6) is 0 Å². The molecule has 6 heteroatoms. The summed E-state index contributed by atoms with van der Waals surface area (Å²) in [7, 11) is 1.19. The molecule has 2 N–H and O–H groups in total. The number of nitrogens with one attached hydrogen (secondary N) is 1. The summed E-state index contributed by atoms with van der Waals surface area (Å²) >= 11 is 0. The molecule has 18 heavy (non-hydrogen) atoms. The van der Waals surface area contributed by atoms with Crippen molar-refractivity contribution in [3.63, 3.8) is 0 Å². The minimum Gasteiger partial charge on any atom is -0.467 e. The van der Waals surface area contributed by atoms with Gasteiger partial charge in [0.25, 0.3) is 5.91 Å². The summed E-state index contributed by atoms with van der Waals surface area (Å²) in [4.78, 5) is 23.3. The number of aryl methyl sites for hydroxylation is 2. The van der Waals surface area contributed by atoms with Crippen LogP contribution < -0.4 is 5.32 Å². The van der Waals surface area contributed by atoms with Crippen LogP contribution in [0.3, 0.4) is 0 Å². The molecule has 0 saturated carbocycles. The third kappa shape index (κ3) is 2.70. The highest BCUT2D eigenvalue weighted by molar-refractivity contribution is 5.99. The Kier molecular flexibility index (Phi) is 4.49. The van der Waals surface area contributed by atoms with Gasteiger partial charge in [-0.1, -0.05) is 0 Å². The van der Waals surface area contributed by atoms with Crippen LogP contribution in [0.1, 0.15) is 27.4 Å². The first-order valence-electron chi connectivity index (χ1n) is 5.48. The molecule has 100 valence electrons. The van der Waals surface area contributed by atoms with E-state index in [2.05, 4.69) is 10.1 Å². The summed E-state index contributed by atoms with van der Waals surface area (Å²) < 4.78 is 9.80. The molecule has 1 rings (SSSR count). The van der Waals surface area contributed by atoms with E-state index in [9.17, 15) is 9.59 Å². The lowest BCUT2D eigenvalue weighted by atomic mass is 10.1. The van der Waals surface area contributed by atoms with E-state index in [1.165, 1.54) is 7.11 Å². The van der Waals surface area contributed by atoms with Crippen LogP contribution in [0.4, 0.5) is 0 Å². The fraction of sp³-hybridized carbons (Fsp3) is 0.500. The van der Waals surface area contributed by atoms with E-state index in [0.29, 0.717) is 22.6 Å². The van der Waals surface area contributed by atoms with E-state index in [1.54, 1.807) is 20.8 Å². The van der Waals surface area contributed by atoms with Gasteiger partial charge in [-0.2, -0.15) is 0 Å². The van der Waals surface area contributed by atoms with Gasteiger partial charge in [0.15, 0.2) is 6.04 Å². The number of carbonyl (C=O) groups is 2. The van der Waals surface area contributed by atoms with Crippen molar-refractivity contribution in [3.8, 4) is 0 Å². The van der Waals surface area contributed by atoms with Gasteiger partial charge in [-0.05, 0) is 20.8 Å². The lowest BCUT2D eigenvalue weighted by Gasteiger charge is -2.13. The van der Waals surface area contributed by atoms with Crippen LogP contribution in [0, 0.1) is 20.8 Å². The molecule has 0 aromatic carbocycles. The zero-order chi connectivity index (χ0) is 13.9. The van der Waals surface area contributed by atoms with Gasteiger partial charge >= 0.3 is 5.97 Å². The maximum atomic E-state index is 12.0. The Morgan fingerprint density at radius 2 is 1.94 bits per heavy atom. The van der Waals surface area contributed by atoms with E-state index in [1.807, 2.05) is 0 Å². The molecule has 1 amide bonds. The van der Waals surface area contributed by atoms with E-state index in [0.717, 1.165) is 0 Å². The molecule has 0 aliphatic heterocycles. The molecule has 1 aromatic rings. The van der Waals surface area contributed by atoms with Crippen LogP contribution in [0.2, 0.25) is 0 Å². The highest BCUT2D eigenvalue weighted by Gasteiger charge is 2.25. The highest BCUT2D eigenvalue weighted by atomic mass is 16.5. The van der Waals surface area contributed by atoms with Crippen molar-refractivity contribution < 1.29 is 23.8 Å². The van der Waals surface area contributed by atoms with Crippen molar-refractivity contribution in [1.29, 1.82) is 0 Å². The quantitative estimate of drug-likeness (QED) is 0.763. The predicted octanol–water partition coefficient (Wildman–Crippen LogP) is 0.469. The minimum absolute atomic E-state index is 0.384. The predicted molar refractivity (Wildman–Crippen MR) is 63.3 cm³/mol. The van der Waals surface area contributed by atoms with Crippen molar-refractivity contribution in [1.82, 2.24) is 5.32 Å². The van der Waals surface area contributed by atoms with Crippen LogP contribution in [-0.2, 0) is 9.53 Å². The normalized spacial score (nSPS) is 12.1. The zero-order valence-corrected chi connectivity index (χ0v) is 10.9. The number of methoxy groups -OCH3 is 1. The molecule has 0 spiro atoms. The maximum absolute atomic E-state index is 12.0. The first-order valence-corrected chi connectivity index (χ1v) is 5.48. The average Bonchev–Trinajstić information content (AvgIpc) is 2.59. The second-order valence-electron chi connectivity index (χ2n) is 3.95. The molecule has 1 unspecified atom stereocenters. The third-order valence-electron chi connectivity index (χ3n) is 2.76. The number of hydrogen-bond acceptors (Lipinski definition) is 5. The van der Waals surface area contributed by atoms with Gasteiger partial charge in [0.2, 0.25) is 0 Å². The topological polar surface area (TPSA) is 88.8 Å². The fourth-order valence-corrected chi connectivity index (χ4v) is 1.68. The molecule has 1 aromatic heterocycles. The Hall–Kier alpha value is -1.82. The van der Waals surface area contributed by atoms with Crippen LogP contribution in [0.25, 0.3) is 0 Å². The molecule has 0 bridgehead atoms. The van der Waals surface area contributed by atoms with Crippen LogP contribution in [-0.4, -0.2) is 36.7 Å². The third-order valence-corrected chi connectivity index (χ3v) is 2.76. The smallest absolute Gasteiger partial charge is 0.330 e. The molecule has 0 saturated heterocycles. The van der Waals surface area contributed by atoms with E-state index < -0.39 is 24.5 Å². The summed E-state index contributed by atoms with van der Waals surface area (Å²) in [5.74, 6) is -0.0343. The number of amides is 1. The van der Waals surface area contributed by atoms with Gasteiger partial charge in [0.05, 0.1) is 19.3 Å². The molecule has 0 aliphatic carbocycles. The largest absolute Gasteiger partial charge is 0.467 e. The molecular weight excluding hydrogens is 238 g/mol. The first-order chi connectivity index (χ1) is 8.42. The lowest BCUT2D eigenvalue weighted by molar-refractivity contribution is -0.143. The Morgan fingerprint density at radius 1 is 1.33 bits per heavy atom. The molecule has 0 aliphatic rings. The van der Waals surface area contributed by atoms with E-state index >= 15 is 0 Å². The van der Waals surface area contributed by atoms with E-state index in [4.69, 9.17) is 9.52 Å². The first kappa shape index (κ1) is 14.2. The summed E-state index contributed by atoms with van der Waals surface area (Å²) in [6, 6.07) is -1.07. The van der Waals surface area contributed by atoms with Crippen molar-refractivity contribution in [3.05, 3.63) is 22.6 Å². The summed E-state index contributed by atoms with van der Waals surface area (Å²) in [6.07, 6.45) is 0. The summed E-state index contributed by atoms with van der Waals surface area (Å²) in [5, 5.41) is 11.4. The van der Waals surface area contributed by atoms with E-state index in [-0.39, 0.29) is 0 Å². The summed E-state index contributed by atoms with van der Waals surface area (Å²) in [6.45, 7) is 4.66. The Bertz CT molecular complexity index is 463. The molecule has 0 fully saturated rings. The second-order valence-corrected chi connectivity index (χ2v) is 3.95. The summed E-state index contributed by atoms with van der Waals surface area (Å²) in [5.41, 5.74) is 1.10. The number of aliphatic hydroxyl groups is 1. The molecule has 1 heterocycles. The number of aliphatic hydroxyl groups excluding tert-OH is 1.